The number of thiocarbonyl (C=S) groups is 1. The summed E-state index contributed by atoms with van der Waals surface area (Å²) in [6.45, 7) is 3.17. The topological polar surface area (TPSA) is 46.8 Å². The van der Waals surface area contributed by atoms with Crippen LogP contribution < -0.4 is 0 Å². The number of tetrazole rings is 1. The second-order valence-electron chi connectivity index (χ2n) is 7.03. The van der Waals surface area contributed by atoms with Crippen LogP contribution in [0.3, 0.4) is 0 Å². The summed E-state index contributed by atoms with van der Waals surface area (Å²) < 4.78 is 1.98. The lowest BCUT2D eigenvalue weighted by molar-refractivity contribution is 0.278. The Morgan fingerprint density at radius 3 is 2.71 bits per heavy atom. The molecule has 0 aromatic carbocycles. The number of rotatable bonds is 10. The maximum Gasteiger partial charge on any atom is 0.151 e. The van der Waals surface area contributed by atoms with Crippen molar-refractivity contribution in [2.45, 2.75) is 96.6 Å². The van der Waals surface area contributed by atoms with E-state index in [1.165, 1.54) is 51.4 Å². The standard InChI is InChI=1S/C18H33N5S/c1-3-4-5-9-15-23-17(19-20-21-23)13-10-14-18(24)22(2)16-11-7-6-8-12-16/h16H,3-15H2,1-2H3. The summed E-state index contributed by atoms with van der Waals surface area (Å²) in [7, 11) is 2.18. The van der Waals surface area contributed by atoms with E-state index in [-0.39, 0.29) is 0 Å². The summed E-state index contributed by atoms with van der Waals surface area (Å²) in [5, 5.41) is 12.2. The molecular weight excluding hydrogens is 318 g/mol. The molecule has 1 aromatic heterocycles. The van der Waals surface area contributed by atoms with Crippen molar-refractivity contribution in [2.75, 3.05) is 7.05 Å². The Hall–Kier alpha value is -1.04. The Morgan fingerprint density at radius 1 is 1.17 bits per heavy atom. The quantitative estimate of drug-likeness (QED) is 0.468. The van der Waals surface area contributed by atoms with Gasteiger partial charge >= 0.3 is 0 Å². The lowest BCUT2D eigenvalue weighted by Gasteiger charge is -2.33. The van der Waals surface area contributed by atoms with Crippen molar-refractivity contribution in [3.8, 4) is 0 Å². The first-order valence-corrected chi connectivity index (χ1v) is 10.1. The molecular formula is C18H33N5S. The SMILES string of the molecule is CCCCCCn1nnnc1CCCC(=S)N(C)C1CCCCC1. The molecule has 24 heavy (non-hydrogen) atoms. The molecule has 5 nitrogen and oxygen atoms in total. The van der Waals surface area contributed by atoms with Crippen LogP contribution in [-0.2, 0) is 13.0 Å². The van der Waals surface area contributed by atoms with Gasteiger partial charge in [0.15, 0.2) is 5.82 Å². The predicted octanol–water partition coefficient (Wildman–Crippen LogP) is 4.17. The fraction of sp³-hybridized carbons (Fsp3) is 0.889. The van der Waals surface area contributed by atoms with Crippen LogP contribution in [0.4, 0.5) is 0 Å². The summed E-state index contributed by atoms with van der Waals surface area (Å²) in [6, 6.07) is 0.662. The molecule has 1 aliphatic rings. The molecule has 136 valence electrons. The maximum atomic E-state index is 5.65. The van der Waals surface area contributed by atoms with E-state index < -0.39 is 0 Å². The van der Waals surface area contributed by atoms with Gasteiger partial charge in [-0.15, -0.1) is 5.10 Å². The lowest BCUT2D eigenvalue weighted by atomic mass is 9.94. The molecule has 0 unspecified atom stereocenters. The van der Waals surface area contributed by atoms with Crippen LogP contribution in [0.25, 0.3) is 0 Å². The zero-order valence-corrected chi connectivity index (χ0v) is 16.2. The fourth-order valence-corrected chi connectivity index (χ4v) is 3.80. The minimum Gasteiger partial charge on any atom is -0.366 e. The average Bonchev–Trinajstić information content (AvgIpc) is 3.06. The van der Waals surface area contributed by atoms with Gasteiger partial charge in [-0.2, -0.15) is 0 Å². The predicted molar refractivity (Wildman–Crippen MR) is 102 cm³/mol. The summed E-state index contributed by atoms with van der Waals surface area (Å²) in [6.07, 6.45) is 14.6. The van der Waals surface area contributed by atoms with E-state index >= 15 is 0 Å². The molecule has 0 atom stereocenters. The molecule has 0 aliphatic heterocycles. The normalized spacial score (nSPS) is 15.6. The highest BCUT2D eigenvalue weighted by molar-refractivity contribution is 7.80. The third kappa shape index (κ3) is 6.11. The highest BCUT2D eigenvalue weighted by Gasteiger charge is 2.19. The number of nitrogens with zero attached hydrogens (tertiary/aromatic N) is 5. The van der Waals surface area contributed by atoms with Gasteiger partial charge in [0.1, 0.15) is 0 Å². The van der Waals surface area contributed by atoms with Crippen LogP contribution >= 0.6 is 12.2 Å². The van der Waals surface area contributed by atoms with Gasteiger partial charge in [0.05, 0.1) is 4.99 Å². The Morgan fingerprint density at radius 2 is 1.96 bits per heavy atom. The van der Waals surface area contributed by atoms with Crippen LogP contribution in [0, 0.1) is 0 Å². The van der Waals surface area contributed by atoms with Gasteiger partial charge in [0, 0.05) is 26.1 Å². The zero-order chi connectivity index (χ0) is 17.2. The average molecular weight is 352 g/mol. The molecule has 1 saturated carbocycles. The minimum absolute atomic E-state index is 0.662. The van der Waals surface area contributed by atoms with Crippen LogP contribution in [0.5, 0.6) is 0 Å². The second-order valence-corrected chi connectivity index (χ2v) is 7.50. The van der Waals surface area contributed by atoms with Gasteiger partial charge in [-0.3, -0.25) is 0 Å². The van der Waals surface area contributed by atoms with Gasteiger partial charge in [-0.05, 0) is 42.5 Å². The van der Waals surface area contributed by atoms with Gasteiger partial charge in [-0.1, -0.05) is 57.7 Å². The number of hydrogen-bond acceptors (Lipinski definition) is 4. The maximum absolute atomic E-state index is 5.65. The molecule has 1 aliphatic carbocycles. The van der Waals surface area contributed by atoms with Crippen molar-refractivity contribution in [1.29, 1.82) is 0 Å². The monoisotopic (exact) mass is 351 g/mol. The fourth-order valence-electron chi connectivity index (χ4n) is 3.51. The molecule has 0 radical (unpaired) electrons. The molecule has 1 fully saturated rings. The van der Waals surface area contributed by atoms with Crippen molar-refractivity contribution in [2.24, 2.45) is 0 Å². The highest BCUT2D eigenvalue weighted by atomic mass is 32.1. The van der Waals surface area contributed by atoms with E-state index in [1.54, 1.807) is 0 Å². The first-order chi connectivity index (χ1) is 11.7. The molecule has 0 bridgehead atoms. The van der Waals surface area contributed by atoms with Crippen molar-refractivity contribution in [1.82, 2.24) is 25.1 Å². The Kier molecular flexibility index (Phi) is 8.64. The highest BCUT2D eigenvalue weighted by Crippen LogP contribution is 2.22. The van der Waals surface area contributed by atoms with Crippen LogP contribution in [-0.4, -0.2) is 43.2 Å². The summed E-state index contributed by atoms with van der Waals surface area (Å²) >= 11 is 5.65. The molecule has 0 saturated heterocycles. The first kappa shape index (κ1) is 19.3. The molecule has 1 heterocycles. The van der Waals surface area contributed by atoms with Crippen LogP contribution in [0.1, 0.15) is 83.4 Å². The van der Waals surface area contributed by atoms with E-state index in [0.29, 0.717) is 6.04 Å². The third-order valence-corrected chi connectivity index (χ3v) is 5.63. The molecule has 6 heteroatoms. The minimum atomic E-state index is 0.662. The van der Waals surface area contributed by atoms with Crippen LogP contribution in [0.15, 0.2) is 0 Å². The van der Waals surface area contributed by atoms with Gasteiger partial charge in [-0.25, -0.2) is 4.68 Å². The van der Waals surface area contributed by atoms with E-state index in [9.17, 15) is 0 Å². The molecule has 0 amide bonds. The molecule has 0 N–H and O–H groups in total. The smallest absolute Gasteiger partial charge is 0.151 e. The number of aromatic nitrogens is 4. The Bertz CT molecular complexity index is 482. The molecule has 0 spiro atoms. The van der Waals surface area contributed by atoms with Gasteiger partial charge < -0.3 is 4.90 Å². The van der Waals surface area contributed by atoms with Crippen molar-refractivity contribution in [3.63, 3.8) is 0 Å². The van der Waals surface area contributed by atoms with Crippen LogP contribution in [0.2, 0.25) is 0 Å². The zero-order valence-electron chi connectivity index (χ0n) is 15.4. The summed E-state index contributed by atoms with van der Waals surface area (Å²) in [4.78, 5) is 3.45. The lowest BCUT2D eigenvalue weighted by Crippen LogP contribution is -2.37. The summed E-state index contributed by atoms with van der Waals surface area (Å²) in [5.74, 6) is 1.01. The molecule has 2 rings (SSSR count). The molecule has 1 aromatic rings. The van der Waals surface area contributed by atoms with Gasteiger partial charge in [0.2, 0.25) is 0 Å². The number of aryl methyl sites for hydroxylation is 2. The first-order valence-electron chi connectivity index (χ1n) is 9.73. The summed E-state index contributed by atoms with van der Waals surface area (Å²) in [5.41, 5.74) is 0. The largest absolute Gasteiger partial charge is 0.366 e. The Labute approximate surface area is 152 Å². The number of hydrogen-bond donors (Lipinski definition) is 0. The van der Waals surface area contributed by atoms with E-state index in [4.69, 9.17) is 12.2 Å². The van der Waals surface area contributed by atoms with Crippen molar-refractivity contribution >= 4 is 17.2 Å². The number of unbranched alkanes of at least 4 members (excludes halogenated alkanes) is 3. The van der Waals surface area contributed by atoms with E-state index in [0.717, 1.165) is 43.0 Å². The van der Waals surface area contributed by atoms with Gasteiger partial charge in [0.25, 0.3) is 0 Å². The van der Waals surface area contributed by atoms with E-state index in [2.05, 4.69) is 34.4 Å². The Balaban J connectivity index is 1.69. The van der Waals surface area contributed by atoms with E-state index in [1.807, 2.05) is 4.68 Å². The third-order valence-electron chi connectivity index (χ3n) is 5.14. The van der Waals surface area contributed by atoms with Crippen molar-refractivity contribution < 1.29 is 0 Å². The van der Waals surface area contributed by atoms with Crippen molar-refractivity contribution in [3.05, 3.63) is 5.82 Å². The second kappa shape index (κ2) is 10.7.